The van der Waals surface area contributed by atoms with Crippen LogP contribution in [-0.2, 0) is 0 Å². The Morgan fingerprint density at radius 1 is 1.00 bits per heavy atom. The number of nitrogens with zero attached hydrogens (tertiary/aromatic N) is 2. The molecule has 0 radical (unpaired) electrons. The quantitative estimate of drug-likeness (QED) is 0.542. The van der Waals surface area contributed by atoms with Crippen LogP contribution in [0.15, 0.2) is 48.5 Å². The van der Waals surface area contributed by atoms with Crippen LogP contribution < -0.4 is 11.3 Å². The second-order valence-corrected chi connectivity index (χ2v) is 4.39. The SMILES string of the molecule is Cc1cc(-c2cccc3ccccc23)nc(NN)n1. The van der Waals surface area contributed by atoms with Crippen LogP contribution in [-0.4, -0.2) is 9.97 Å². The van der Waals surface area contributed by atoms with Gasteiger partial charge in [0.2, 0.25) is 5.95 Å². The first-order valence-corrected chi connectivity index (χ1v) is 6.08. The van der Waals surface area contributed by atoms with Gasteiger partial charge in [-0.3, -0.25) is 5.43 Å². The lowest BCUT2D eigenvalue weighted by Gasteiger charge is -2.08. The lowest BCUT2D eigenvalue weighted by molar-refractivity contribution is 1.08. The van der Waals surface area contributed by atoms with E-state index >= 15 is 0 Å². The summed E-state index contributed by atoms with van der Waals surface area (Å²) >= 11 is 0. The summed E-state index contributed by atoms with van der Waals surface area (Å²) in [6.07, 6.45) is 0. The van der Waals surface area contributed by atoms with E-state index < -0.39 is 0 Å². The van der Waals surface area contributed by atoms with Gasteiger partial charge in [-0.15, -0.1) is 0 Å². The lowest BCUT2D eigenvalue weighted by Crippen LogP contribution is -2.11. The summed E-state index contributed by atoms with van der Waals surface area (Å²) in [5.74, 6) is 5.84. The molecular formula is C15H14N4. The van der Waals surface area contributed by atoms with E-state index in [2.05, 4.69) is 39.7 Å². The fourth-order valence-electron chi connectivity index (χ4n) is 2.22. The molecule has 19 heavy (non-hydrogen) atoms. The topological polar surface area (TPSA) is 63.8 Å². The van der Waals surface area contributed by atoms with Gasteiger partial charge < -0.3 is 0 Å². The third-order valence-corrected chi connectivity index (χ3v) is 3.05. The number of aryl methyl sites for hydroxylation is 1. The molecule has 3 rings (SSSR count). The first-order valence-electron chi connectivity index (χ1n) is 6.08. The number of nitrogens with one attached hydrogen (secondary N) is 1. The molecule has 0 atom stereocenters. The fourth-order valence-corrected chi connectivity index (χ4v) is 2.22. The van der Waals surface area contributed by atoms with E-state index in [9.17, 15) is 0 Å². The van der Waals surface area contributed by atoms with Gasteiger partial charge in [0.15, 0.2) is 0 Å². The van der Waals surface area contributed by atoms with E-state index in [0.717, 1.165) is 17.0 Å². The fraction of sp³-hybridized carbons (Fsp3) is 0.0667. The normalized spacial score (nSPS) is 10.6. The molecule has 0 bridgehead atoms. The molecular weight excluding hydrogens is 236 g/mol. The van der Waals surface area contributed by atoms with Crippen molar-refractivity contribution in [3.05, 3.63) is 54.2 Å². The molecule has 0 aliphatic heterocycles. The van der Waals surface area contributed by atoms with Crippen LogP contribution >= 0.6 is 0 Å². The molecule has 0 unspecified atom stereocenters. The van der Waals surface area contributed by atoms with Crippen molar-refractivity contribution in [1.29, 1.82) is 0 Å². The molecule has 3 N–H and O–H groups in total. The van der Waals surface area contributed by atoms with Gasteiger partial charge in [0.1, 0.15) is 0 Å². The minimum atomic E-state index is 0.433. The zero-order valence-corrected chi connectivity index (χ0v) is 10.6. The van der Waals surface area contributed by atoms with E-state index in [1.54, 1.807) is 0 Å². The summed E-state index contributed by atoms with van der Waals surface area (Å²) in [4.78, 5) is 8.64. The number of benzene rings is 2. The van der Waals surface area contributed by atoms with Crippen molar-refractivity contribution in [2.24, 2.45) is 5.84 Å². The molecule has 2 aromatic carbocycles. The summed E-state index contributed by atoms with van der Waals surface area (Å²) < 4.78 is 0. The summed E-state index contributed by atoms with van der Waals surface area (Å²) in [6.45, 7) is 1.93. The minimum Gasteiger partial charge on any atom is -0.292 e. The second kappa shape index (κ2) is 4.66. The van der Waals surface area contributed by atoms with Crippen molar-refractivity contribution in [1.82, 2.24) is 9.97 Å². The van der Waals surface area contributed by atoms with E-state index in [0.29, 0.717) is 5.95 Å². The number of fused-ring (bicyclic) bond motifs is 1. The van der Waals surface area contributed by atoms with Crippen molar-refractivity contribution in [2.45, 2.75) is 6.92 Å². The van der Waals surface area contributed by atoms with Crippen molar-refractivity contribution in [2.75, 3.05) is 5.43 Å². The number of aromatic nitrogens is 2. The Kier molecular flexibility index (Phi) is 2.85. The van der Waals surface area contributed by atoms with Crippen molar-refractivity contribution in [3.8, 4) is 11.3 Å². The van der Waals surface area contributed by atoms with Gasteiger partial charge in [0, 0.05) is 11.3 Å². The average molecular weight is 250 g/mol. The number of hydrazine groups is 1. The Morgan fingerprint density at radius 2 is 1.79 bits per heavy atom. The van der Waals surface area contributed by atoms with Crippen LogP contribution in [0.1, 0.15) is 5.69 Å². The first kappa shape index (κ1) is 11.6. The molecule has 0 aliphatic carbocycles. The third kappa shape index (κ3) is 2.13. The second-order valence-electron chi connectivity index (χ2n) is 4.39. The summed E-state index contributed by atoms with van der Waals surface area (Å²) in [5.41, 5.74) is 5.34. The van der Waals surface area contributed by atoms with Crippen LogP contribution in [0.2, 0.25) is 0 Å². The number of nitrogen functional groups attached to an aromatic ring is 1. The molecule has 0 fully saturated rings. The van der Waals surface area contributed by atoms with Gasteiger partial charge in [-0.25, -0.2) is 15.8 Å². The standard InChI is InChI=1S/C15H14N4/c1-10-9-14(18-15(17-10)19-16)13-8-4-6-11-5-2-3-7-12(11)13/h2-9H,16H2,1H3,(H,17,18,19). The van der Waals surface area contributed by atoms with Gasteiger partial charge in [0.25, 0.3) is 0 Å². The number of anilines is 1. The Bertz CT molecular complexity index is 732. The summed E-state index contributed by atoms with van der Waals surface area (Å²) in [6, 6.07) is 16.4. The molecule has 4 heteroatoms. The number of rotatable bonds is 2. The smallest absolute Gasteiger partial charge is 0.237 e. The summed E-state index contributed by atoms with van der Waals surface area (Å²) in [5, 5.41) is 2.37. The Balaban J connectivity index is 2.27. The highest BCUT2D eigenvalue weighted by Crippen LogP contribution is 2.27. The molecule has 0 spiro atoms. The molecule has 1 heterocycles. The van der Waals surface area contributed by atoms with Gasteiger partial charge >= 0.3 is 0 Å². The summed E-state index contributed by atoms with van der Waals surface area (Å²) in [7, 11) is 0. The van der Waals surface area contributed by atoms with E-state index in [1.165, 1.54) is 10.8 Å². The van der Waals surface area contributed by atoms with Crippen molar-refractivity contribution >= 4 is 16.7 Å². The molecule has 1 aromatic heterocycles. The number of hydrogen-bond acceptors (Lipinski definition) is 4. The van der Waals surface area contributed by atoms with Crippen LogP contribution in [0.25, 0.3) is 22.0 Å². The maximum atomic E-state index is 5.40. The third-order valence-electron chi connectivity index (χ3n) is 3.05. The van der Waals surface area contributed by atoms with Gasteiger partial charge in [-0.1, -0.05) is 42.5 Å². The molecule has 4 nitrogen and oxygen atoms in total. The van der Waals surface area contributed by atoms with Crippen LogP contribution in [0.5, 0.6) is 0 Å². The Labute approximate surface area is 111 Å². The van der Waals surface area contributed by atoms with Crippen molar-refractivity contribution < 1.29 is 0 Å². The average Bonchev–Trinajstić information content (AvgIpc) is 2.46. The molecule has 0 saturated heterocycles. The zero-order valence-electron chi connectivity index (χ0n) is 10.6. The van der Waals surface area contributed by atoms with Gasteiger partial charge in [0.05, 0.1) is 5.69 Å². The predicted octanol–water partition coefficient (Wildman–Crippen LogP) is 2.89. The highest BCUT2D eigenvalue weighted by Gasteiger charge is 2.07. The monoisotopic (exact) mass is 250 g/mol. The van der Waals surface area contributed by atoms with Crippen molar-refractivity contribution in [3.63, 3.8) is 0 Å². The Morgan fingerprint density at radius 3 is 2.63 bits per heavy atom. The highest BCUT2D eigenvalue weighted by molar-refractivity contribution is 5.95. The van der Waals surface area contributed by atoms with Crippen LogP contribution in [0, 0.1) is 6.92 Å². The van der Waals surface area contributed by atoms with Crippen LogP contribution in [0.4, 0.5) is 5.95 Å². The molecule has 3 aromatic rings. The molecule has 94 valence electrons. The predicted molar refractivity (Wildman–Crippen MR) is 77.5 cm³/mol. The largest absolute Gasteiger partial charge is 0.292 e. The highest BCUT2D eigenvalue weighted by atomic mass is 15.3. The Hall–Kier alpha value is -2.46. The van der Waals surface area contributed by atoms with E-state index in [4.69, 9.17) is 5.84 Å². The number of nitrogens with two attached hydrogens (primary N) is 1. The van der Waals surface area contributed by atoms with Gasteiger partial charge in [-0.2, -0.15) is 0 Å². The van der Waals surface area contributed by atoms with Crippen LogP contribution in [0.3, 0.4) is 0 Å². The lowest BCUT2D eigenvalue weighted by atomic mass is 10.0. The number of hydrogen-bond donors (Lipinski definition) is 2. The molecule has 0 amide bonds. The maximum absolute atomic E-state index is 5.40. The molecule has 0 aliphatic rings. The van der Waals surface area contributed by atoms with E-state index in [-0.39, 0.29) is 0 Å². The van der Waals surface area contributed by atoms with E-state index in [1.807, 2.05) is 31.2 Å². The van der Waals surface area contributed by atoms with Gasteiger partial charge in [-0.05, 0) is 23.8 Å². The zero-order chi connectivity index (χ0) is 13.2. The molecule has 0 saturated carbocycles. The first-order chi connectivity index (χ1) is 9.28. The maximum Gasteiger partial charge on any atom is 0.237 e. The minimum absolute atomic E-state index is 0.433.